The SMILES string of the molecule is CCS(=O)c1ccc(C(=O)c2cnoc2C2CC2)c(C(F)(F)F)c1. The Hall–Kier alpha value is -1.96. The smallest absolute Gasteiger partial charge is 0.360 e. The van der Waals surface area contributed by atoms with Crippen molar-refractivity contribution >= 4 is 16.6 Å². The monoisotopic (exact) mass is 357 g/mol. The van der Waals surface area contributed by atoms with Gasteiger partial charge in [-0.05, 0) is 31.0 Å². The zero-order valence-electron chi connectivity index (χ0n) is 12.7. The van der Waals surface area contributed by atoms with Gasteiger partial charge in [-0.1, -0.05) is 12.1 Å². The van der Waals surface area contributed by atoms with Crippen molar-refractivity contribution in [2.45, 2.75) is 36.8 Å². The van der Waals surface area contributed by atoms with Gasteiger partial charge in [-0.3, -0.25) is 9.00 Å². The van der Waals surface area contributed by atoms with Gasteiger partial charge in [0, 0.05) is 22.1 Å². The average molecular weight is 357 g/mol. The largest absolute Gasteiger partial charge is 0.417 e. The molecule has 1 unspecified atom stereocenters. The van der Waals surface area contributed by atoms with Crippen molar-refractivity contribution in [3.63, 3.8) is 0 Å². The Morgan fingerprint density at radius 1 is 1.33 bits per heavy atom. The number of hydrogen-bond donors (Lipinski definition) is 0. The van der Waals surface area contributed by atoms with Crippen molar-refractivity contribution in [2.75, 3.05) is 5.75 Å². The summed E-state index contributed by atoms with van der Waals surface area (Å²) in [5.41, 5.74) is -1.51. The Morgan fingerprint density at radius 3 is 2.62 bits per heavy atom. The number of carbonyl (C=O) groups excluding carboxylic acids is 1. The van der Waals surface area contributed by atoms with E-state index in [0.29, 0.717) is 5.76 Å². The van der Waals surface area contributed by atoms with E-state index < -0.39 is 33.9 Å². The molecule has 1 heterocycles. The topological polar surface area (TPSA) is 60.2 Å². The summed E-state index contributed by atoms with van der Waals surface area (Å²) in [6.07, 6.45) is -1.91. The number of halogens is 3. The number of ketones is 1. The molecular formula is C16H14F3NO3S. The first kappa shape index (κ1) is 16.9. The highest BCUT2D eigenvalue weighted by atomic mass is 32.2. The van der Waals surface area contributed by atoms with Gasteiger partial charge in [-0.25, -0.2) is 0 Å². The van der Waals surface area contributed by atoms with Gasteiger partial charge in [-0.2, -0.15) is 13.2 Å². The van der Waals surface area contributed by atoms with Crippen molar-refractivity contribution in [3.8, 4) is 0 Å². The van der Waals surface area contributed by atoms with Gasteiger partial charge >= 0.3 is 6.18 Å². The molecule has 1 atom stereocenters. The van der Waals surface area contributed by atoms with E-state index in [-0.39, 0.29) is 22.1 Å². The summed E-state index contributed by atoms with van der Waals surface area (Å²) in [7, 11) is -1.54. The van der Waals surface area contributed by atoms with E-state index in [1.165, 1.54) is 6.07 Å². The van der Waals surface area contributed by atoms with Crippen molar-refractivity contribution < 1.29 is 26.7 Å². The second kappa shape index (κ2) is 6.16. The zero-order chi connectivity index (χ0) is 17.5. The van der Waals surface area contributed by atoms with E-state index in [2.05, 4.69) is 5.16 Å². The van der Waals surface area contributed by atoms with Gasteiger partial charge in [0.2, 0.25) is 0 Å². The Bertz CT molecular complexity index is 809. The quantitative estimate of drug-likeness (QED) is 0.761. The number of alkyl halides is 3. The third-order valence-corrected chi connectivity index (χ3v) is 5.16. The van der Waals surface area contributed by atoms with Crippen molar-refractivity contribution in [1.82, 2.24) is 5.16 Å². The minimum atomic E-state index is -4.73. The molecule has 8 heteroatoms. The molecular weight excluding hydrogens is 343 g/mol. The number of hydrogen-bond acceptors (Lipinski definition) is 4. The number of aromatic nitrogens is 1. The van der Waals surface area contributed by atoms with Crippen LogP contribution in [0.2, 0.25) is 0 Å². The Labute approximate surface area is 138 Å². The third-order valence-electron chi connectivity index (χ3n) is 3.86. The summed E-state index contributed by atoms with van der Waals surface area (Å²) in [5.74, 6) is -0.191. The summed E-state index contributed by atoms with van der Waals surface area (Å²) in [4.78, 5) is 12.7. The third kappa shape index (κ3) is 3.15. The Morgan fingerprint density at radius 2 is 2.04 bits per heavy atom. The molecule has 2 aromatic rings. The molecule has 1 aliphatic carbocycles. The highest BCUT2D eigenvalue weighted by molar-refractivity contribution is 7.85. The summed E-state index contributed by atoms with van der Waals surface area (Å²) in [6.45, 7) is 1.61. The van der Waals surface area contributed by atoms with Crippen LogP contribution in [0.1, 0.15) is 52.9 Å². The summed E-state index contributed by atoms with van der Waals surface area (Å²) in [6, 6.07) is 3.17. The first-order valence-corrected chi connectivity index (χ1v) is 8.73. The van der Waals surface area contributed by atoms with Crippen LogP contribution < -0.4 is 0 Å². The summed E-state index contributed by atoms with van der Waals surface area (Å²) < 4.78 is 57.0. The van der Waals surface area contributed by atoms with Crippen LogP contribution in [0.15, 0.2) is 33.8 Å². The van der Waals surface area contributed by atoms with Gasteiger partial charge < -0.3 is 4.52 Å². The molecule has 0 N–H and O–H groups in total. The predicted octanol–water partition coefficient (Wildman–Crippen LogP) is 3.93. The molecule has 3 rings (SSSR count). The second-order valence-corrected chi connectivity index (χ2v) is 7.29. The van der Waals surface area contributed by atoms with Crippen molar-refractivity contribution in [1.29, 1.82) is 0 Å². The fourth-order valence-corrected chi connectivity index (χ4v) is 3.27. The molecule has 24 heavy (non-hydrogen) atoms. The van der Waals surface area contributed by atoms with Crippen LogP contribution in [-0.2, 0) is 17.0 Å². The van der Waals surface area contributed by atoms with Crippen LogP contribution >= 0.6 is 0 Å². The highest BCUT2D eigenvalue weighted by Gasteiger charge is 2.38. The average Bonchev–Trinajstić information content (AvgIpc) is 3.29. The molecule has 0 bridgehead atoms. The van der Waals surface area contributed by atoms with E-state index in [0.717, 1.165) is 31.2 Å². The minimum Gasteiger partial charge on any atom is -0.360 e. The lowest BCUT2D eigenvalue weighted by molar-refractivity contribution is -0.138. The zero-order valence-corrected chi connectivity index (χ0v) is 13.5. The van der Waals surface area contributed by atoms with Crippen LogP contribution in [0.3, 0.4) is 0 Å². The molecule has 0 spiro atoms. The lowest BCUT2D eigenvalue weighted by Gasteiger charge is -2.13. The summed E-state index contributed by atoms with van der Waals surface area (Å²) >= 11 is 0. The Balaban J connectivity index is 2.07. The number of carbonyl (C=O) groups is 1. The second-order valence-electron chi connectivity index (χ2n) is 5.55. The van der Waals surface area contributed by atoms with E-state index in [1.807, 2.05) is 0 Å². The molecule has 0 saturated heterocycles. The van der Waals surface area contributed by atoms with E-state index in [4.69, 9.17) is 4.52 Å². The van der Waals surface area contributed by atoms with E-state index >= 15 is 0 Å². The maximum absolute atomic E-state index is 13.4. The molecule has 1 aromatic carbocycles. The fraction of sp³-hybridized carbons (Fsp3) is 0.375. The summed E-state index contributed by atoms with van der Waals surface area (Å²) in [5, 5.41) is 3.56. The lowest BCUT2D eigenvalue weighted by atomic mass is 9.97. The van der Waals surface area contributed by atoms with Crippen molar-refractivity contribution in [2.24, 2.45) is 0 Å². The van der Waals surface area contributed by atoms with Crippen LogP contribution in [0, 0.1) is 0 Å². The van der Waals surface area contributed by atoms with Gasteiger partial charge in [0.25, 0.3) is 0 Å². The molecule has 1 aromatic heterocycles. The Kier molecular flexibility index (Phi) is 4.33. The van der Waals surface area contributed by atoms with Gasteiger partial charge in [-0.15, -0.1) is 0 Å². The van der Waals surface area contributed by atoms with E-state index in [1.54, 1.807) is 6.92 Å². The molecule has 1 aliphatic rings. The molecule has 0 aliphatic heterocycles. The lowest BCUT2D eigenvalue weighted by Crippen LogP contribution is -2.15. The molecule has 0 radical (unpaired) electrons. The maximum Gasteiger partial charge on any atom is 0.417 e. The van der Waals surface area contributed by atoms with E-state index in [9.17, 15) is 22.2 Å². The van der Waals surface area contributed by atoms with Crippen LogP contribution in [0.4, 0.5) is 13.2 Å². The molecule has 128 valence electrons. The minimum absolute atomic E-state index is 0.0488. The highest BCUT2D eigenvalue weighted by Crippen LogP contribution is 2.42. The number of nitrogens with zero attached hydrogens (tertiary/aromatic N) is 1. The normalized spacial score (nSPS) is 16.2. The van der Waals surface area contributed by atoms with Crippen LogP contribution in [0.5, 0.6) is 0 Å². The number of rotatable bonds is 5. The molecule has 0 amide bonds. The molecule has 1 fully saturated rings. The van der Waals surface area contributed by atoms with Gasteiger partial charge in [0.05, 0.1) is 28.1 Å². The first-order chi connectivity index (χ1) is 11.3. The molecule has 4 nitrogen and oxygen atoms in total. The predicted molar refractivity (Wildman–Crippen MR) is 80.3 cm³/mol. The standard InChI is InChI=1S/C16H14F3NO3S/c1-2-24(22)10-5-6-11(13(7-10)16(17,18)19)14(21)12-8-20-23-15(12)9-3-4-9/h5-9H,2-4H2,1H3. The van der Waals surface area contributed by atoms with Crippen molar-refractivity contribution in [3.05, 3.63) is 46.8 Å². The van der Waals surface area contributed by atoms with Gasteiger partial charge in [0.1, 0.15) is 0 Å². The van der Waals surface area contributed by atoms with Crippen LogP contribution in [-0.4, -0.2) is 20.9 Å². The van der Waals surface area contributed by atoms with Gasteiger partial charge in [0.15, 0.2) is 11.5 Å². The number of benzene rings is 1. The maximum atomic E-state index is 13.4. The molecule has 1 saturated carbocycles. The van der Waals surface area contributed by atoms with Crippen LogP contribution in [0.25, 0.3) is 0 Å². The fourth-order valence-electron chi connectivity index (χ4n) is 2.47. The first-order valence-electron chi connectivity index (χ1n) is 7.41.